The van der Waals surface area contributed by atoms with Crippen molar-refractivity contribution in [3.05, 3.63) is 0 Å². The second-order valence-electron chi connectivity index (χ2n) is 5.39. The zero-order valence-corrected chi connectivity index (χ0v) is 11.7. The van der Waals surface area contributed by atoms with E-state index in [1.54, 1.807) is 0 Å². The standard InChI is InChI=1S/C13H30N2O/c1-6-16-10-8-7-9-14-12(2)11-15-13(3,4)5/h12,14-15H,6-11H2,1-5H3. The van der Waals surface area contributed by atoms with Crippen molar-refractivity contribution >= 4 is 0 Å². The number of hydrogen-bond acceptors (Lipinski definition) is 3. The molecule has 0 aliphatic rings. The van der Waals surface area contributed by atoms with Crippen LogP contribution in [0.2, 0.25) is 0 Å². The van der Waals surface area contributed by atoms with Crippen LogP contribution in [0.3, 0.4) is 0 Å². The monoisotopic (exact) mass is 230 g/mol. The van der Waals surface area contributed by atoms with Gasteiger partial charge in [-0.2, -0.15) is 0 Å². The largest absolute Gasteiger partial charge is 0.382 e. The lowest BCUT2D eigenvalue weighted by molar-refractivity contribution is 0.143. The quantitative estimate of drug-likeness (QED) is 0.596. The molecule has 98 valence electrons. The fraction of sp³-hybridized carbons (Fsp3) is 1.00. The smallest absolute Gasteiger partial charge is 0.0466 e. The van der Waals surface area contributed by atoms with E-state index < -0.39 is 0 Å². The topological polar surface area (TPSA) is 33.3 Å². The van der Waals surface area contributed by atoms with Gasteiger partial charge in [-0.25, -0.2) is 0 Å². The third-order valence-corrected chi connectivity index (χ3v) is 2.35. The van der Waals surface area contributed by atoms with E-state index in [0.717, 1.165) is 32.7 Å². The fourth-order valence-corrected chi connectivity index (χ4v) is 1.35. The van der Waals surface area contributed by atoms with Crippen molar-refractivity contribution in [1.29, 1.82) is 0 Å². The average Bonchev–Trinajstić information content (AvgIpc) is 2.19. The van der Waals surface area contributed by atoms with Gasteiger partial charge in [-0.3, -0.25) is 0 Å². The van der Waals surface area contributed by atoms with E-state index in [0.29, 0.717) is 6.04 Å². The Balaban J connectivity index is 3.27. The van der Waals surface area contributed by atoms with Gasteiger partial charge < -0.3 is 15.4 Å². The molecule has 3 nitrogen and oxygen atoms in total. The lowest BCUT2D eigenvalue weighted by Gasteiger charge is -2.24. The molecule has 1 atom stereocenters. The second kappa shape index (κ2) is 8.97. The van der Waals surface area contributed by atoms with Gasteiger partial charge in [0, 0.05) is 31.3 Å². The summed E-state index contributed by atoms with van der Waals surface area (Å²) in [5.74, 6) is 0. The van der Waals surface area contributed by atoms with E-state index in [1.165, 1.54) is 6.42 Å². The molecule has 0 heterocycles. The van der Waals surface area contributed by atoms with Crippen molar-refractivity contribution in [2.24, 2.45) is 0 Å². The lowest BCUT2D eigenvalue weighted by atomic mass is 10.1. The summed E-state index contributed by atoms with van der Waals surface area (Å²) in [6, 6.07) is 0.534. The maximum atomic E-state index is 5.29. The normalized spacial score (nSPS) is 14.1. The Morgan fingerprint density at radius 2 is 1.88 bits per heavy atom. The number of hydrogen-bond donors (Lipinski definition) is 2. The van der Waals surface area contributed by atoms with Crippen LogP contribution in [0.4, 0.5) is 0 Å². The van der Waals surface area contributed by atoms with E-state index in [-0.39, 0.29) is 5.54 Å². The summed E-state index contributed by atoms with van der Waals surface area (Å²) >= 11 is 0. The summed E-state index contributed by atoms with van der Waals surface area (Å²) in [5.41, 5.74) is 0.213. The Hall–Kier alpha value is -0.120. The molecule has 0 aliphatic carbocycles. The first kappa shape index (κ1) is 15.9. The maximum Gasteiger partial charge on any atom is 0.0466 e. The molecule has 2 N–H and O–H groups in total. The predicted molar refractivity (Wildman–Crippen MR) is 70.9 cm³/mol. The Labute approximate surface area is 101 Å². The van der Waals surface area contributed by atoms with Gasteiger partial charge in [0.05, 0.1) is 0 Å². The van der Waals surface area contributed by atoms with Crippen molar-refractivity contribution in [2.75, 3.05) is 26.3 Å². The third kappa shape index (κ3) is 12.0. The van der Waals surface area contributed by atoms with Crippen LogP contribution >= 0.6 is 0 Å². The SMILES string of the molecule is CCOCCCCNC(C)CNC(C)(C)C. The third-order valence-electron chi connectivity index (χ3n) is 2.35. The van der Waals surface area contributed by atoms with Crippen LogP contribution in [0.25, 0.3) is 0 Å². The van der Waals surface area contributed by atoms with E-state index in [9.17, 15) is 0 Å². The summed E-state index contributed by atoms with van der Waals surface area (Å²) in [4.78, 5) is 0. The van der Waals surface area contributed by atoms with Crippen molar-refractivity contribution in [3.8, 4) is 0 Å². The van der Waals surface area contributed by atoms with Crippen molar-refractivity contribution in [3.63, 3.8) is 0 Å². The number of rotatable bonds is 9. The molecule has 0 saturated carbocycles. The minimum Gasteiger partial charge on any atom is -0.382 e. The second-order valence-corrected chi connectivity index (χ2v) is 5.39. The van der Waals surface area contributed by atoms with E-state index >= 15 is 0 Å². The zero-order chi connectivity index (χ0) is 12.4. The molecule has 16 heavy (non-hydrogen) atoms. The Bertz CT molecular complexity index is 155. The van der Waals surface area contributed by atoms with Crippen molar-refractivity contribution in [1.82, 2.24) is 10.6 Å². The minimum atomic E-state index is 0.213. The molecular formula is C13H30N2O. The van der Waals surface area contributed by atoms with E-state index in [2.05, 4.69) is 38.3 Å². The number of ether oxygens (including phenoxy) is 1. The van der Waals surface area contributed by atoms with Crippen LogP contribution in [-0.4, -0.2) is 37.9 Å². The van der Waals surface area contributed by atoms with Crippen LogP contribution in [0.5, 0.6) is 0 Å². The van der Waals surface area contributed by atoms with Crippen LogP contribution in [-0.2, 0) is 4.74 Å². The first-order valence-electron chi connectivity index (χ1n) is 6.52. The van der Waals surface area contributed by atoms with Crippen LogP contribution < -0.4 is 10.6 Å². The highest BCUT2D eigenvalue weighted by Gasteiger charge is 2.10. The van der Waals surface area contributed by atoms with Crippen LogP contribution in [0.15, 0.2) is 0 Å². The molecular weight excluding hydrogens is 200 g/mol. The lowest BCUT2D eigenvalue weighted by Crippen LogP contribution is -2.44. The average molecular weight is 230 g/mol. The summed E-state index contributed by atoms with van der Waals surface area (Å²) in [7, 11) is 0. The molecule has 0 rings (SSSR count). The summed E-state index contributed by atoms with van der Waals surface area (Å²) < 4.78 is 5.29. The van der Waals surface area contributed by atoms with E-state index in [4.69, 9.17) is 4.74 Å². The van der Waals surface area contributed by atoms with Crippen molar-refractivity contribution in [2.45, 2.75) is 59.0 Å². The molecule has 0 amide bonds. The van der Waals surface area contributed by atoms with Crippen LogP contribution in [0.1, 0.15) is 47.5 Å². The zero-order valence-electron chi connectivity index (χ0n) is 11.7. The van der Waals surface area contributed by atoms with Crippen LogP contribution in [0, 0.1) is 0 Å². The predicted octanol–water partition coefficient (Wildman–Crippen LogP) is 2.17. The van der Waals surface area contributed by atoms with Gasteiger partial charge in [0.2, 0.25) is 0 Å². The molecule has 0 aliphatic heterocycles. The molecule has 3 heteroatoms. The van der Waals surface area contributed by atoms with E-state index in [1.807, 2.05) is 6.92 Å². The summed E-state index contributed by atoms with van der Waals surface area (Å²) in [6.07, 6.45) is 2.35. The highest BCUT2D eigenvalue weighted by atomic mass is 16.5. The van der Waals surface area contributed by atoms with Crippen molar-refractivity contribution < 1.29 is 4.74 Å². The highest BCUT2D eigenvalue weighted by molar-refractivity contribution is 4.74. The highest BCUT2D eigenvalue weighted by Crippen LogP contribution is 1.98. The minimum absolute atomic E-state index is 0.213. The molecule has 0 aromatic heterocycles. The first-order valence-corrected chi connectivity index (χ1v) is 6.52. The maximum absolute atomic E-state index is 5.29. The molecule has 0 aromatic carbocycles. The van der Waals surface area contributed by atoms with Gasteiger partial charge in [0.25, 0.3) is 0 Å². The van der Waals surface area contributed by atoms with Gasteiger partial charge in [0.15, 0.2) is 0 Å². The summed E-state index contributed by atoms with van der Waals surface area (Å²) in [6.45, 7) is 14.7. The number of unbranched alkanes of at least 4 members (excludes halogenated alkanes) is 1. The Morgan fingerprint density at radius 3 is 2.44 bits per heavy atom. The Morgan fingerprint density at radius 1 is 1.19 bits per heavy atom. The number of nitrogens with one attached hydrogen (secondary N) is 2. The molecule has 0 fully saturated rings. The molecule has 0 aromatic rings. The van der Waals surface area contributed by atoms with Gasteiger partial charge in [-0.05, 0) is 54.0 Å². The fourth-order valence-electron chi connectivity index (χ4n) is 1.35. The van der Waals surface area contributed by atoms with Gasteiger partial charge in [-0.15, -0.1) is 0 Å². The van der Waals surface area contributed by atoms with Gasteiger partial charge >= 0.3 is 0 Å². The molecule has 1 unspecified atom stereocenters. The molecule has 0 radical (unpaired) electrons. The molecule has 0 saturated heterocycles. The Kier molecular flexibility index (Phi) is 8.90. The van der Waals surface area contributed by atoms with Gasteiger partial charge in [0.1, 0.15) is 0 Å². The molecule has 0 bridgehead atoms. The molecule has 0 spiro atoms. The van der Waals surface area contributed by atoms with Gasteiger partial charge in [-0.1, -0.05) is 0 Å². The first-order chi connectivity index (χ1) is 7.45. The summed E-state index contributed by atoms with van der Waals surface area (Å²) in [5, 5.41) is 7.01.